The number of amides is 2. The first kappa shape index (κ1) is 12.6. The lowest BCUT2D eigenvalue weighted by Crippen LogP contribution is -2.30. The van der Waals surface area contributed by atoms with Crippen molar-refractivity contribution in [3.05, 3.63) is 66.2 Å². The summed E-state index contributed by atoms with van der Waals surface area (Å²) in [7, 11) is 0. The normalized spacial score (nSPS) is 18.6. The number of carbonyl (C=O) groups excluding carboxylic acids is 2. The zero-order chi connectivity index (χ0) is 13.9. The van der Waals surface area contributed by atoms with Crippen LogP contribution >= 0.6 is 0 Å². The van der Waals surface area contributed by atoms with E-state index < -0.39 is 0 Å². The molecule has 3 rings (SSSR count). The molecule has 1 heterocycles. The summed E-state index contributed by atoms with van der Waals surface area (Å²) >= 11 is 0. The molecule has 100 valence electrons. The molecule has 2 amide bonds. The van der Waals surface area contributed by atoms with Gasteiger partial charge in [0.15, 0.2) is 0 Å². The highest BCUT2D eigenvalue weighted by Crippen LogP contribution is 2.28. The van der Waals surface area contributed by atoms with E-state index in [1.807, 2.05) is 48.5 Å². The molecule has 1 atom stereocenters. The average Bonchev–Trinajstić information content (AvgIpc) is 2.75. The average molecular weight is 265 g/mol. The predicted octanol–water partition coefficient (Wildman–Crippen LogP) is 2.81. The second-order valence-electron chi connectivity index (χ2n) is 4.99. The molecule has 1 saturated heterocycles. The Hall–Kier alpha value is -2.42. The third kappa shape index (κ3) is 2.35. The highest BCUT2D eigenvalue weighted by atomic mass is 16.2. The molecule has 0 aliphatic carbocycles. The minimum absolute atomic E-state index is 0.0925. The van der Waals surface area contributed by atoms with E-state index in [-0.39, 0.29) is 17.7 Å². The van der Waals surface area contributed by atoms with Crippen LogP contribution in [-0.2, 0) is 16.0 Å². The molecule has 0 radical (unpaired) electrons. The number of anilines is 1. The minimum atomic E-state index is -0.245. The highest BCUT2D eigenvalue weighted by Gasteiger charge is 2.39. The molecule has 0 spiro atoms. The predicted molar refractivity (Wildman–Crippen MR) is 77.2 cm³/mol. The second kappa shape index (κ2) is 5.29. The highest BCUT2D eigenvalue weighted by molar-refractivity contribution is 6.20. The monoisotopic (exact) mass is 265 g/mol. The number of hydrogen-bond donors (Lipinski definition) is 0. The third-order valence-corrected chi connectivity index (χ3v) is 3.58. The quantitative estimate of drug-likeness (QED) is 0.800. The van der Waals surface area contributed by atoms with Gasteiger partial charge in [0, 0.05) is 6.42 Å². The van der Waals surface area contributed by atoms with Crippen molar-refractivity contribution in [1.29, 1.82) is 0 Å². The molecule has 1 aliphatic rings. The van der Waals surface area contributed by atoms with E-state index in [2.05, 4.69) is 0 Å². The van der Waals surface area contributed by atoms with Crippen LogP contribution in [0.1, 0.15) is 12.0 Å². The van der Waals surface area contributed by atoms with Crippen LogP contribution in [0.3, 0.4) is 0 Å². The van der Waals surface area contributed by atoms with Crippen molar-refractivity contribution >= 4 is 17.5 Å². The number of hydrogen-bond acceptors (Lipinski definition) is 2. The van der Waals surface area contributed by atoms with Crippen LogP contribution < -0.4 is 4.90 Å². The van der Waals surface area contributed by atoms with E-state index in [1.54, 1.807) is 12.1 Å². The van der Waals surface area contributed by atoms with Gasteiger partial charge >= 0.3 is 0 Å². The first-order chi connectivity index (χ1) is 9.75. The van der Waals surface area contributed by atoms with E-state index in [0.717, 1.165) is 5.56 Å². The van der Waals surface area contributed by atoms with Gasteiger partial charge in [-0.1, -0.05) is 48.5 Å². The van der Waals surface area contributed by atoms with Gasteiger partial charge in [-0.3, -0.25) is 14.5 Å². The second-order valence-corrected chi connectivity index (χ2v) is 4.99. The van der Waals surface area contributed by atoms with Gasteiger partial charge in [0.05, 0.1) is 11.6 Å². The van der Waals surface area contributed by atoms with Crippen LogP contribution in [0, 0.1) is 5.92 Å². The van der Waals surface area contributed by atoms with Crippen molar-refractivity contribution in [3.63, 3.8) is 0 Å². The van der Waals surface area contributed by atoms with Crippen molar-refractivity contribution in [2.75, 3.05) is 4.90 Å². The Kier molecular flexibility index (Phi) is 3.33. The summed E-state index contributed by atoms with van der Waals surface area (Å²) in [6, 6.07) is 18.9. The molecule has 0 aromatic heterocycles. The Morgan fingerprint density at radius 1 is 0.900 bits per heavy atom. The first-order valence-electron chi connectivity index (χ1n) is 6.71. The van der Waals surface area contributed by atoms with Crippen molar-refractivity contribution in [1.82, 2.24) is 0 Å². The van der Waals surface area contributed by atoms with Crippen LogP contribution in [0.4, 0.5) is 5.69 Å². The minimum Gasteiger partial charge on any atom is -0.274 e. The molecule has 1 aliphatic heterocycles. The van der Waals surface area contributed by atoms with Crippen molar-refractivity contribution < 1.29 is 9.59 Å². The Balaban J connectivity index is 1.81. The molecular formula is C17H15NO2. The van der Waals surface area contributed by atoms with Crippen LogP contribution in [0.15, 0.2) is 60.7 Å². The van der Waals surface area contributed by atoms with Gasteiger partial charge in [-0.2, -0.15) is 0 Å². The molecular weight excluding hydrogens is 250 g/mol. The van der Waals surface area contributed by atoms with Gasteiger partial charge < -0.3 is 0 Å². The summed E-state index contributed by atoms with van der Waals surface area (Å²) < 4.78 is 0. The zero-order valence-electron chi connectivity index (χ0n) is 11.0. The maximum atomic E-state index is 12.4. The SMILES string of the molecule is O=C1CC(Cc2ccccc2)C(=O)N1c1ccccc1. The fourth-order valence-electron chi connectivity index (χ4n) is 2.60. The molecule has 3 nitrogen and oxygen atoms in total. The summed E-state index contributed by atoms with van der Waals surface area (Å²) in [5, 5.41) is 0. The summed E-state index contributed by atoms with van der Waals surface area (Å²) in [6.45, 7) is 0. The first-order valence-corrected chi connectivity index (χ1v) is 6.71. The number of carbonyl (C=O) groups is 2. The fraction of sp³-hybridized carbons (Fsp3) is 0.176. The van der Waals surface area contributed by atoms with E-state index in [1.165, 1.54) is 4.90 Å². The topological polar surface area (TPSA) is 37.4 Å². The van der Waals surface area contributed by atoms with E-state index in [4.69, 9.17) is 0 Å². The van der Waals surface area contributed by atoms with Gasteiger partial charge in [0.2, 0.25) is 11.8 Å². The Morgan fingerprint density at radius 3 is 2.15 bits per heavy atom. The maximum absolute atomic E-state index is 12.4. The summed E-state index contributed by atoms with van der Waals surface area (Å²) in [5.41, 5.74) is 1.76. The number of para-hydroxylation sites is 1. The summed E-state index contributed by atoms with van der Waals surface area (Å²) in [6.07, 6.45) is 0.914. The molecule has 0 saturated carbocycles. The molecule has 1 unspecified atom stereocenters. The number of rotatable bonds is 3. The van der Waals surface area contributed by atoms with Crippen LogP contribution in [0.25, 0.3) is 0 Å². The molecule has 2 aromatic rings. The van der Waals surface area contributed by atoms with Gasteiger partial charge in [-0.05, 0) is 24.1 Å². The lowest BCUT2D eigenvalue weighted by Gasteiger charge is -2.14. The zero-order valence-corrected chi connectivity index (χ0v) is 11.0. The maximum Gasteiger partial charge on any atom is 0.237 e. The lowest BCUT2D eigenvalue weighted by atomic mass is 9.98. The van der Waals surface area contributed by atoms with Crippen molar-refractivity contribution in [3.8, 4) is 0 Å². The molecule has 2 aromatic carbocycles. The Morgan fingerprint density at radius 2 is 1.50 bits per heavy atom. The molecule has 0 bridgehead atoms. The lowest BCUT2D eigenvalue weighted by molar-refractivity contribution is -0.122. The van der Waals surface area contributed by atoms with E-state index in [9.17, 15) is 9.59 Å². The molecule has 3 heteroatoms. The smallest absolute Gasteiger partial charge is 0.237 e. The molecule has 1 fully saturated rings. The molecule has 20 heavy (non-hydrogen) atoms. The largest absolute Gasteiger partial charge is 0.274 e. The van der Waals surface area contributed by atoms with E-state index in [0.29, 0.717) is 18.5 Å². The van der Waals surface area contributed by atoms with Gasteiger partial charge in [0.1, 0.15) is 0 Å². The number of benzene rings is 2. The third-order valence-electron chi connectivity index (χ3n) is 3.58. The van der Waals surface area contributed by atoms with Crippen molar-refractivity contribution in [2.24, 2.45) is 5.92 Å². The van der Waals surface area contributed by atoms with Gasteiger partial charge in [0.25, 0.3) is 0 Å². The number of nitrogens with zero attached hydrogens (tertiary/aromatic N) is 1. The molecule has 0 N–H and O–H groups in total. The Bertz CT molecular complexity index is 622. The van der Waals surface area contributed by atoms with Crippen LogP contribution in [0.2, 0.25) is 0 Å². The van der Waals surface area contributed by atoms with Crippen LogP contribution in [0.5, 0.6) is 0 Å². The van der Waals surface area contributed by atoms with E-state index >= 15 is 0 Å². The standard InChI is InChI=1S/C17H15NO2/c19-16-12-14(11-13-7-3-1-4-8-13)17(20)18(16)15-9-5-2-6-10-15/h1-10,14H,11-12H2. The van der Waals surface area contributed by atoms with Crippen molar-refractivity contribution in [2.45, 2.75) is 12.8 Å². The fourth-order valence-corrected chi connectivity index (χ4v) is 2.60. The van der Waals surface area contributed by atoms with Gasteiger partial charge in [-0.15, -0.1) is 0 Å². The summed E-state index contributed by atoms with van der Waals surface area (Å²) in [5.74, 6) is -0.447. The Labute approximate surface area is 117 Å². The van der Waals surface area contributed by atoms with Crippen LogP contribution in [-0.4, -0.2) is 11.8 Å². The van der Waals surface area contributed by atoms with Gasteiger partial charge in [-0.25, -0.2) is 0 Å². The summed E-state index contributed by atoms with van der Waals surface area (Å²) in [4.78, 5) is 25.8. The number of imide groups is 1.